The number of aliphatic carboxylic acids is 1. The van der Waals surface area contributed by atoms with Crippen LogP contribution in [0.2, 0.25) is 0 Å². The minimum absolute atomic E-state index is 0.0647. The number of anilines is 1. The van der Waals surface area contributed by atoms with E-state index in [0.717, 1.165) is 25.7 Å². The third-order valence-corrected chi connectivity index (χ3v) is 3.73. The van der Waals surface area contributed by atoms with E-state index in [9.17, 15) is 9.59 Å². The number of hydrogen-bond acceptors (Lipinski definition) is 3. The molecule has 1 fully saturated rings. The van der Waals surface area contributed by atoms with Gasteiger partial charge in [0, 0.05) is 17.8 Å². The van der Waals surface area contributed by atoms with Crippen molar-refractivity contribution in [2.24, 2.45) is 5.73 Å². The molecule has 1 saturated carbocycles. The van der Waals surface area contributed by atoms with E-state index < -0.39 is 12.0 Å². The minimum Gasteiger partial charge on any atom is -0.480 e. The summed E-state index contributed by atoms with van der Waals surface area (Å²) in [5, 5.41) is 11.9. The van der Waals surface area contributed by atoms with Crippen LogP contribution in [-0.2, 0) is 4.79 Å². The summed E-state index contributed by atoms with van der Waals surface area (Å²) in [6.45, 7) is -0.377. The average molecular weight is 291 g/mol. The van der Waals surface area contributed by atoms with Crippen molar-refractivity contribution >= 4 is 17.7 Å². The van der Waals surface area contributed by atoms with Crippen molar-refractivity contribution in [3.8, 4) is 0 Å². The molecule has 0 spiro atoms. The van der Waals surface area contributed by atoms with E-state index in [0.29, 0.717) is 5.69 Å². The first kappa shape index (κ1) is 15.3. The lowest BCUT2D eigenvalue weighted by atomic mass is 9.91. The zero-order valence-corrected chi connectivity index (χ0v) is 11.9. The Morgan fingerprint density at radius 2 is 1.90 bits per heavy atom. The van der Waals surface area contributed by atoms with E-state index in [2.05, 4.69) is 5.32 Å². The highest BCUT2D eigenvalue weighted by atomic mass is 16.4. The summed E-state index contributed by atoms with van der Waals surface area (Å²) in [5.74, 6) is -1.05. The van der Waals surface area contributed by atoms with Crippen molar-refractivity contribution in [1.82, 2.24) is 5.32 Å². The SMILES string of the molecule is NC1CCCCC1NC(=O)N(CC(=O)O)c1ccccc1. The second kappa shape index (κ2) is 7.08. The van der Waals surface area contributed by atoms with Gasteiger partial charge in [-0.15, -0.1) is 0 Å². The van der Waals surface area contributed by atoms with Crippen LogP contribution in [-0.4, -0.2) is 35.7 Å². The number of urea groups is 1. The molecule has 4 N–H and O–H groups in total. The third-order valence-electron chi connectivity index (χ3n) is 3.73. The van der Waals surface area contributed by atoms with Gasteiger partial charge in [-0.3, -0.25) is 9.69 Å². The quantitative estimate of drug-likeness (QED) is 0.784. The summed E-state index contributed by atoms with van der Waals surface area (Å²) in [6.07, 6.45) is 3.83. The molecule has 0 aromatic heterocycles. The molecule has 1 aromatic carbocycles. The molecule has 2 atom stereocenters. The van der Waals surface area contributed by atoms with Gasteiger partial charge in [0.15, 0.2) is 0 Å². The van der Waals surface area contributed by atoms with Gasteiger partial charge in [-0.25, -0.2) is 4.79 Å². The molecular formula is C15H21N3O3. The Morgan fingerprint density at radius 1 is 1.24 bits per heavy atom. The number of nitrogens with zero attached hydrogens (tertiary/aromatic N) is 1. The molecule has 1 aliphatic rings. The fourth-order valence-electron chi connectivity index (χ4n) is 2.60. The number of nitrogens with two attached hydrogens (primary N) is 1. The maximum Gasteiger partial charge on any atom is 0.323 e. The Morgan fingerprint density at radius 3 is 2.52 bits per heavy atom. The molecule has 0 aliphatic heterocycles. The summed E-state index contributed by atoms with van der Waals surface area (Å²) in [5.41, 5.74) is 6.58. The summed E-state index contributed by atoms with van der Waals surface area (Å²) in [4.78, 5) is 24.6. The Balaban J connectivity index is 2.09. The Bertz CT molecular complexity index is 492. The lowest BCUT2D eigenvalue weighted by molar-refractivity contribution is -0.135. The van der Waals surface area contributed by atoms with Crippen molar-refractivity contribution in [3.63, 3.8) is 0 Å². The van der Waals surface area contributed by atoms with Crippen LogP contribution in [0.3, 0.4) is 0 Å². The fraction of sp³-hybridized carbons (Fsp3) is 0.467. The summed E-state index contributed by atoms with van der Waals surface area (Å²) < 4.78 is 0. The van der Waals surface area contributed by atoms with Gasteiger partial charge >= 0.3 is 12.0 Å². The van der Waals surface area contributed by atoms with Gasteiger partial charge in [0.05, 0.1) is 0 Å². The van der Waals surface area contributed by atoms with Gasteiger partial charge in [-0.2, -0.15) is 0 Å². The Hall–Kier alpha value is -2.08. The molecule has 0 radical (unpaired) electrons. The Labute approximate surface area is 123 Å². The molecule has 1 aliphatic carbocycles. The van der Waals surface area contributed by atoms with Gasteiger partial charge in [-0.05, 0) is 25.0 Å². The number of rotatable bonds is 4. The highest BCUT2D eigenvalue weighted by Crippen LogP contribution is 2.18. The van der Waals surface area contributed by atoms with Crippen LogP contribution in [0.15, 0.2) is 30.3 Å². The zero-order chi connectivity index (χ0) is 15.2. The van der Waals surface area contributed by atoms with Crippen LogP contribution in [0, 0.1) is 0 Å². The minimum atomic E-state index is -1.05. The number of hydrogen-bond donors (Lipinski definition) is 3. The summed E-state index contributed by atoms with van der Waals surface area (Å²) in [7, 11) is 0. The van der Waals surface area contributed by atoms with E-state index in [1.54, 1.807) is 24.3 Å². The molecule has 2 amide bonds. The first-order valence-electron chi connectivity index (χ1n) is 7.18. The van der Waals surface area contributed by atoms with E-state index in [4.69, 9.17) is 10.8 Å². The number of benzene rings is 1. The van der Waals surface area contributed by atoms with Gasteiger partial charge in [0.2, 0.25) is 0 Å². The number of carbonyl (C=O) groups is 2. The Kier molecular flexibility index (Phi) is 5.16. The lowest BCUT2D eigenvalue weighted by Crippen LogP contribution is -2.54. The van der Waals surface area contributed by atoms with Crippen LogP contribution in [0.4, 0.5) is 10.5 Å². The van der Waals surface area contributed by atoms with Crippen LogP contribution < -0.4 is 16.0 Å². The standard InChI is InChI=1S/C15H21N3O3/c16-12-8-4-5-9-13(12)17-15(21)18(10-14(19)20)11-6-2-1-3-7-11/h1-3,6-7,12-13H,4-5,8-10,16H2,(H,17,21)(H,19,20). The number of para-hydroxylation sites is 1. The maximum atomic E-state index is 12.4. The van der Waals surface area contributed by atoms with Crippen molar-refractivity contribution in [2.45, 2.75) is 37.8 Å². The first-order valence-corrected chi connectivity index (χ1v) is 7.18. The third kappa shape index (κ3) is 4.19. The highest BCUT2D eigenvalue weighted by molar-refractivity contribution is 5.96. The highest BCUT2D eigenvalue weighted by Gasteiger charge is 2.26. The van der Waals surface area contributed by atoms with Gasteiger partial charge in [0.25, 0.3) is 0 Å². The van der Waals surface area contributed by atoms with E-state index in [1.807, 2.05) is 6.07 Å². The molecule has 114 valence electrons. The van der Waals surface area contributed by atoms with Crippen molar-refractivity contribution in [1.29, 1.82) is 0 Å². The van der Waals surface area contributed by atoms with Gasteiger partial charge in [-0.1, -0.05) is 31.0 Å². The number of carboxylic acid groups (broad SMARTS) is 1. The second-order valence-corrected chi connectivity index (χ2v) is 5.32. The van der Waals surface area contributed by atoms with Gasteiger partial charge in [0.1, 0.15) is 6.54 Å². The maximum absolute atomic E-state index is 12.4. The number of amides is 2. The summed E-state index contributed by atoms with van der Waals surface area (Å²) >= 11 is 0. The molecule has 21 heavy (non-hydrogen) atoms. The van der Waals surface area contributed by atoms with Crippen molar-refractivity contribution < 1.29 is 14.7 Å². The fourth-order valence-corrected chi connectivity index (χ4v) is 2.60. The monoisotopic (exact) mass is 291 g/mol. The smallest absolute Gasteiger partial charge is 0.323 e. The molecule has 2 rings (SSSR count). The molecule has 0 saturated heterocycles. The van der Waals surface area contributed by atoms with E-state index in [-0.39, 0.29) is 18.6 Å². The molecule has 0 bridgehead atoms. The molecule has 2 unspecified atom stereocenters. The number of carbonyl (C=O) groups excluding carboxylic acids is 1. The number of carboxylic acids is 1. The lowest BCUT2D eigenvalue weighted by Gasteiger charge is -2.31. The molecule has 0 heterocycles. The molecular weight excluding hydrogens is 270 g/mol. The largest absolute Gasteiger partial charge is 0.480 e. The molecule has 1 aromatic rings. The second-order valence-electron chi connectivity index (χ2n) is 5.32. The molecule has 6 heteroatoms. The van der Waals surface area contributed by atoms with Crippen LogP contribution >= 0.6 is 0 Å². The van der Waals surface area contributed by atoms with E-state index in [1.165, 1.54) is 4.90 Å². The normalized spacial score (nSPS) is 21.6. The zero-order valence-electron chi connectivity index (χ0n) is 11.9. The predicted octanol–water partition coefficient (Wildman–Crippen LogP) is 1.56. The molecule has 6 nitrogen and oxygen atoms in total. The van der Waals surface area contributed by atoms with E-state index >= 15 is 0 Å². The average Bonchev–Trinajstić information content (AvgIpc) is 2.48. The van der Waals surface area contributed by atoms with Crippen LogP contribution in [0.1, 0.15) is 25.7 Å². The predicted molar refractivity (Wildman–Crippen MR) is 80.2 cm³/mol. The van der Waals surface area contributed by atoms with Crippen molar-refractivity contribution in [3.05, 3.63) is 30.3 Å². The van der Waals surface area contributed by atoms with Crippen LogP contribution in [0.25, 0.3) is 0 Å². The first-order chi connectivity index (χ1) is 10.1. The topological polar surface area (TPSA) is 95.7 Å². The van der Waals surface area contributed by atoms with Crippen LogP contribution in [0.5, 0.6) is 0 Å². The summed E-state index contributed by atoms with van der Waals surface area (Å²) in [6, 6.07) is 8.21. The van der Waals surface area contributed by atoms with Crippen molar-refractivity contribution in [2.75, 3.05) is 11.4 Å². The number of nitrogens with one attached hydrogen (secondary N) is 1. The van der Waals surface area contributed by atoms with Gasteiger partial charge < -0.3 is 16.2 Å².